The fourth-order valence-electron chi connectivity index (χ4n) is 2.93. The number of rotatable bonds is 5. The Morgan fingerprint density at radius 1 is 1.32 bits per heavy atom. The van der Waals surface area contributed by atoms with Gasteiger partial charge in [-0.2, -0.15) is 5.10 Å². The Morgan fingerprint density at radius 3 is 2.68 bits per heavy atom. The highest BCUT2D eigenvalue weighted by Gasteiger charge is 2.30. The molecule has 0 aliphatic carbocycles. The number of alkyl halides is 2. The Kier molecular flexibility index (Phi) is 5.28. The van der Waals surface area contributed by atoms with Crippen molar-refractivity contribution in [2.24, 2.45) is 5.73 Å². The molecule has 0 bridgehead atoms. The van der Waals surface area contributed by atoms with E-state index in [1.807, 2.05) is 0 Å². The van der Waals surface area contributed by atoms with Crippen LogP contribution in [0.25, 0.3) is 0 Å². The molecule has 2 heterocycles. The van der Waals surface area contributed by atoms with Crippen molar-refractivity contribution in [1.29, 1.82) is 0 Å². The maximum Gasteiger partial charge on any atom is 0.405 e. The minimum atomic E-state index is -2.82. The van der Waals surface area contributed by atoms with Crippen LogP contribution in [0, 0.1) is 0 Å². The van der Waals surface area contributed by atoms with Crippen LogP contribution in [0.3, 0.4) is 0 Å². The van der Waals surface area contributed by atoms with Crippen molar-refractivity contribution in [3.63, 3.8) is 0 Å². The van der Waals surface area contributed by atoms with Crippen LogP contribution >= 0.6 is 0 Å². The molecule has 0 saturated carbocycles. The Labute approximate surface area is 143 Å². The van der Waals surface area contributed by atoms with E-state index in [1.54, 1.807) is 30.3 Å². The second kappa shape index (κ2) is 7.60. The molecular weight excluding hydrogens is 332 g/mol. The number of aromatic nitrogens is 2. The van der Waals surface area contributed by atoms with E-state index in [0.717, 1.165) is 12.8 Å². The first-order valence-corrected chi connectivity index (χ1v) is 8.06. The quantitative estimate of drug-likeness (QED) is 0.891. The zero-order valence-electron chi connectivity index (χ0n) is 13.5. The van der Waals surface area contributed by atoms with Gasteiger partial charge in [0.15, 0.2) is 6.10 Å². The van der Waals surface area contributed by atoms with Gasteiger partial charge in [-0.15, -0.1) is 0 Å². The molecule has 0 spiro atoms. The van der Waals surface area contributed by atoms with Crippen LogP contribution in [-0.2, 0) is 9.47 Å². The number of nitrogens with two attached hydrogens (primary N) is 1. The fraction of sp³-hybridized carbons (Fsp3) is 0.412. The van der Waals surface area contributed by atoms with E-state index in [-0.39, 0.29) is 5.56 Å². The van der Waals surface area contributed by atoms with Crippen LogP contribution in [0.1, 0.15) is 54.8 Å². The first-order valence-electron chi connectivity index (χ1n) is 8.06. The summed E-state index contributed by atoms with van der Waals surface area (Å²) in [5.74, 6) is 0. The van der Waals surface area contributed by atoms with E-state index < -0.39 is 30.5 Å². The van der Waals surface area contributed by atoms with Gasteiger partial charge < -0.3 is 15.2 Å². The average Bonchev–Trinajstić information content (AvgIpc) is 3.06. The van der Waals surface area contributed by atoms with E-state index in [9.17, 15) is 13.6 Å². The molecule has 1 amide bonds. The molecule has 1 aliphatic rings. The number of carbonyl (C=O) groups excluding carboxylic acids is 1. The average molecular weight is 351 g/mol. The number of benzene rings is 1. The van der Waals surface area contributed by atoms with Crippen LogP contribution in [0.5, 0.6) is 0 Å². The summed E-state index contributed by atoms with van der Waals surface area (Å²) in [6.45, 7) is 0.559. The molecule has 1 saturated heterocycles. The molecule has 3 rings (SSSR count). The van der Waals surface area contributed by atoms with Gasteiger partial charge in [0.2, 0.25) is 0 Å². The molecule has 8 heteroatoms. The van der Waals surface area contributed by atoms with Crippen molar-refractivity contribution in [2.75, 3.05) is 6.61 Å². The third kappa shape index (κ3) is 3.96. The number of amides is 1. The molecule has 2 atom stereocenters. The topological polar surface area (TPSA) is 79.4 Å². The predicted octanol–water partition coefficient (Wildman–Crippen LogP) is 3.70. The number of carbonyl (C=O) groups is 1. The highest BCUT2D eigenvalue weighted by atomic mass is 19.3. The zero-order valence-corrected chi connectivity index (χ0v) is 13.5. The highest BCUT2D eigenvalue weighted by Crippen LogP contribution is 2.34. The minimum absolute atomic E-state index is 0.106. The molecule has 1 aromatic heterocycles. The molecule has 2 aromatic rings. The molecule has 2 unspecified atom stereocenters. The van der Waals surface area contributed by atoms with Gasteiger partial charge in [-0.05, 0) is 24.8 Å². The lowest BCUT2D eigenvalue weighted by Gasteiger charge is -2.22. The summed E-state index contributed by atoms with van der Waals surface area (Å²) in [6.07, 6.45) is -1.30. The molecule has 6 nitrogen and oxygen atoms in total. The molecule has 1 aromatic carbocycles. The van der Waals surface area contributed by atoms with E-state index in [2.05, 4.69) is 5.10 Å². The standard InChI is InChI=1S/C17H19F2N3O3/c18-16(19)14-12(10-22(21-14)13-8-4-5-9-24-13)15(25-17(20)23)11-6-2-1-3-7-11/h1-3,6-7,10,13,15-16H,4-5,8-9H2,(H2,20,23). The van der Waals surface area contributed by atoms with Crippen molar-refractivity contribution in [3.05, 3.63) is 53.3 Å². The first-order chi connectivity index (χ1) is 12.1. The van der Waals surface area contributed by atoms with Crippen molar-refractivity contribution < 1.29 is 23.0 Å². The predicted molar refractivity (Wildman–Crippen MR) is 85.0 cm³/mol. The van der Waals surface area contributed by atoms with E-state index in [0.29, 0.717) is 18.6 Å². The van der Waals surface area contributed by atoms with Gasteiger partial charge in [0.05, 0.1) is 0 Å². The largest absolute Gasteiger partial charge is 0.436 e. The lowest BCUT2D eigenvalue weighted by Crippen LogP contribution is -2.19. The number of primary amides is 1. The van der Waals surface area contributed by atoms with Crippen LogP contribution < -0.4 is 5.73 Å². The van der Waals surface area contributed by atoms with Crippen molar-refractivity contribution in [2.45, 2.75) is 38.0 Å². The van der Waals surface area contributed by atoms with E-state index in [1.165, 1.54) is 10.9 Å². The Morgan fingerprint density at radius 2 is 2.08 bits per heavy atom. The van der Waals surface area contributed by atoms with Crippen LogP contribution in [-0.4, -0.2) is 22.5 Å². The van der Waals surface area contributed by atoms with Crippen LogP contribution in [0.15, 0.2) is 36.5 Å². The summed E-state index contributed by atoms with van der Waals surface area (Å²) in [6, 6.07) is 8.58. The lowest BCUT2D eigenvalue weighted by molar-refractivity contribution is -0.0402. The second-order valence-corrected chi connectivity index (χ2v) is 5.80. The van der Waals surface area contributed by atoms with Crippen molar-refractivity contribution >= 4 is 6.09 Å². The Bertz CT molecular complexity index is 715. The van der Waals surface area contributed by atoms with Gasteiger partial charge >= 0.3 is 6.09 Å². The van der Waals surface area contributed by atoms with Gasteiger partial charge in [0, 0.05) is 18.4 Å². The monoisotopic (exact) mass is 351 g/mol. The summed E-state index contributed by atoms with van der Waals surface area (Å²) >= 11 is 0. The number of halogens is 2. The van der Waals surface area contributed by atoms with Gasteiger partial charge in [0.1, 0.15) is 11.9 Å². The highest BCUT2D eigenvalue weighted by molar-refractivity contribution is 5.65. The summed E-state index contributed by atoms with van der Waals surface area (Å²) in [5, 5.41) is 4.00. The molecule has 0 radical (unpaired) electrons. The Balaban J connectivity index is 2.01. The van der Waals surface area contributed by atoms with Gasteiger partial charge in [0.25, 0.3) is 6.43 Å². The fourth-order valence-corrected chi connectivity index (χ4v) is 2.93. The molecule has 25 heavy (non-hydrogen) atoms. The molecule has 1 aliphatic heterocycles. The summed E-state index contributed by atoms with van der Waals surface area (Å²) < 4.78 is 39.2. The van der Waals surface area contributed by atoms with Crippen LogP contribution in [0.4, 0.5) is 13.6 Å². The number of hydrogen-bond acceptors (Lipinski definition) is 4. The second-order valence-electron chi connectivity index (χ2n) is 5.80. The number of nitrogens with zero attached hydrogens (tertiary/aromatic N) is 2. The maximum atomic E-state index is 13.5. The third-order valence-corrected chi connectivity index (χ3v) is 4.07. The number of ether oxygens (including phenoxy) is 2. The van der Waals surface area contributed by atoms with Gasteiger partial charge in [-0.1, -0.05) is 30.3 Å². The van der Waals surface area contributed by atoms with Crippen LogP contribution in [0.2, 0.25) is 0 Å². The minimum Gasteiger partial charge on any atom is -0.436 e. The Hall–Kier alpha value is -2.48. The van der Waals surface area contributed by atoms with Crippen molar-refractivity contribution in [3.8, 4) is 0 Å². The van der Waals surface area contributed by atoms with Crippen molar-refractivity contribution in [1.82, 2.24) is 9.78 Å². The maximum absolute atomic E-state index is 13.5. The summed E-state index contributed by atoms with van der Waals surface area (Å²) in [5.41, 5.74) is 5.34. The SMILES string of the molecule is NC(=O)OC(c1ccccc1)c1cn(C2CCCCO2)nc1C(F)F. The lowest BCUT2D eigenvalue weighted by atomic mass is 10.0. The van der Waals surface area contributed by atoms with E-state index >= 15 is 0 Å². The summed E-state index contributed by atoms with van der Waals surface area (Å²) in [4.78, 5) is 11.3. The zero-order chi connectivity index (χ0) is 17.8. The van der Waals surface area contributed by atoms with Gasteiger partial charge in [-0.25, -0.2) is 18.3 Å². The third-order valence-electron chi connectivity index (χ3n) is 4.07. The van der Waals surface area contributed by atoms with E-state index in [4.69, 9.17) is 15.2 Å². The summed E-state index contributed by atoms with van der Waals surface area (Å²) in [7, 11) is 0. The molecule has 2 N–H and O–H groups in total. The normalized spacial score (nSPS) is 18.9. The molecular formula is C17H19F2N3O3. The smallest absolute Gasteiger partial charge is 0.405 e. The number of hydrogen-bond donors (Lipinski definition) is 1. The molecule has 1 fully saturated rings. The first kappa shape index (κ1) is 17.3. The van der Waals surface area contributed by atoms with Gasteiger partial charge in [-0.3, -0.25) is 0 Å². The molecule has 134 valence electrons.